The quantitative estimate of drug-likeness (QED) is 0.557. The van der Waals surface area contributed by atoms with Crippen molar-refractivity contribution in [3.05, 3.63) is 25.8 Å². The van der Waals surface area contributed by atoms with E-state index in [9.17, 15) is 13.2 Å². The van der Waals surface area contributed by atoms with Crippen LogP contribution in [0.5, 0.6) is 0 Å². The van der Waals surface area contributed by atoms with Gasteiger partial charge in [-0.3, -0.25) is 0 Å². The van der Waals surface area contributed by atoms with Gasteiger partial charge in [0, 0.05) is 6.07 Å². The lowest BCUT2D eigenvalue weighted by molar-refractivity contribution is 0.144. The topological polar surface area (TPSA) is 12.9 Å². The van der Waals surface area contributed by atoms with Gasteiger partial charge in [-0.1, -0.05) is 0 Å². The number of aromatic nitrogens is 1. The van der Waals surface area contributed by atoms with Crippen molar-refractivity contribution < 1.29 is 13.2 Å². The highest BCUT2D eigenvalue weighted by molar-refractivity contribution is 14.1. The molecule has 1 rings (SSSR count). The van der Waals surface area contributed by atoms with E-state index in [2.05, 4.69) is 20.9 Å². The van der Waals surface area contributed by atoms with Crippen LogP contribution in [0.4, 0.5) is 13.2 Å². The van der Waals surface area contributed by atoms with Crippen LogP contribution in [0.2, 0.25) is 0 Å². The molecule has 0 aromatic carbocycles. The van der Waals surface area contributed by atoms with Crippen LogP contribution in [0.15, 0.2) is 10.7 Å². The van der Waals surface area contributed by atoms with E-state index in [4.69, 9.17) is 0 Å². The van der Waals surface area contributed by atoms with Gasteiger partial charge in [-0.2, -0.15) is 0 Å². The summed E-state index contributed by atoms with van der Waals surface area (Å²) in [5, 5.41) is 0. The van der Waals surface area contributed by atoms with E-state index in [0.29, 0.717) is 0 Å². The highest BCUT2D eigenvalue weighted by Gasteiger charge is 2.17. The third-order valence-electron chi connectivity index (χ3n) is 1.11. The zero-order chi connectivity index (χ0) is 9.30. The van der Waals surface area contributed by atoms with Crippen molar-refractivity contribution in [3.63, 3.8) is 0 Å². The van der Waals surface area contributed by atoms with Crippen molar-refractivity contribution in [2.75, 3.05) is 0 Å². The summed E-state index contributed by atoms with van der Waals surface area (Å²) in [5.41, 5.74) is -0.525. The lowest BCUT2D eigenvalue weighted by Crippen LogP contribution is -1.98. The van der Waals surface area contributed by atoms with Crippen molar-refractivity contribution in [1.82, 2.24) is 4.98 Å². The molecule has 66 valence electrons. The Kier molecular flexibility index (Phi) is 3.33. The predicted molar refractivity (Wildman–Crippen MR) is 49.6 cm³/mol. The lowest BCUT2D eigenvalue weighted by atomic mass is 10.3. The molecular weight excluding hydrogens is 350 g/mol. The van der Waals surface area contributed by atoms with Crippen LogP contribution in [-0.4, -0.2) is 4.98 Å². The third kappa shape index (κ3) is 2.09. The summed E-state index contributed by atoms with van der Waals surface area (Å²) in [7, 11) is 0. The maximum Gasteiger partial charge on any atom is 0.281 e. The Morgan fingerprint density at radius 1 is 1.50 bits per heavy atom. The van der Waals surface area contributed by atoms with Crippen LogP contribution in [0.1, 0.15) is 12.1 Å². The molecule has 0 spiro atoms. The van der Waals surface area contributed by atoms with Crippen molar-refractivity contribution in [2.24, 2.45) is 0 Å². The second-order valence-electron chi connectivity index (χ2n) is 1.93. The summed E-state index contributed by atoms with van der Waals surface area (Å²) in [6, 6.07) is 1.05. The molecule has 0 unspecified atom stereocenters. The Morgan fingerprint density at radius 2 is 2.08 bits per heavy atom. The minimum absolute atomic E-state index is 0.0794. The van der Waals surface area contributed by atoms with Crippen LogP contribution in [0.25, 0.3) is 0 Å². The monoisotopic (exact) mass is 351 g/mol. The summed E-state index contributed by atoms with van der Waals surface area (Å²) in [6.45, 7) is 0. The molecule has 0 N–H and O–H groups in total. The maximum absolute atomic E-state index is 12.8. The van der Waals surface area contributed by atoms with Crippen molar-refractivity contribution in [2.45, 2.75) is 6.43 Å². The second kappa shape index (κ2) is 3.91. The van der Waals surface area contributed by atoms with Crippen LogP contribution in [-0.2, 0) is 0 Å². The summed E-state index contributed by atoms with van der Waals surface area (Å²) in [5.74, 6) is -0.687. The molecule has 1 nitrogen and oxygen atoms in total. The van der Waals surface area contributed by atoms with E-state index in [1.165, 1.54) is 22.6 Å². The first-order valence-corrected chi connectivity index (χ1v) is 4.69. The zero-order valence-corrected chi connectivity index (χ0v) is 9.24. The van der Waals surface area contributed by atoms with Crippen LogP contribution in [0.3, 0.4) is 0 Å². The Bertz CT molecular complexity index is 305. The first-order chi connectivity index (χ1) is 5.52. The SMILES string of the molecule is Fc1cc(Br)nc(C(F)F)c1I. The van der Waals surface area contributed by atoms with Gasteiger partial charge >= 0.3 is 0 Å². The number of rotatable bonds is 1. The maximum atomic E-state index is 12.8. The highest BCUT2D eigenvalue weighted by atomic mass is 127. The number of nitrogens with zero attached hydrogens (tertiary/aromatic N) is 1. The first-order valence-electron chi connectivity index (χ1n) is 2.82. The fraction of sp³-hybridized carbons (Fsp3) is 0.167. The molecule has 0 saturated heterocycles. The lowest BCUT2D eigenvalue weighted by Gasteiger charge is -2.03. The van der Waals surface area contributed by atoms with E-state index < -0.39 is 17.9 Å². The molecule has 1 heterocycles. The van der Waals surface area contributed by atoms with Gasteiger partial charge in [0.1, 0.15) is 16.1 Å². The molecule has 0 fully saturated rings. The molecule has 12 heavy (non-hydrogen) atoms. The van der Waals surface area contributed by atoms with Gasteiger partial charge in [-0.05, 0) is 38.5 Å². The van der Waals surface area contributed by atoms with Crippen molar-refractivity contribution >= 4 is 38.5 Å². The number of halogens is 5. The van der Waals surface area contributed by atoms with Crippen molar-refractivity contribution in [3.8, 4) is 0 Å². The largest absolute Gasteiger partial charge is 0.281 e. The average molecular weight is 352 g/mol. The fourth-order valence-corrected chi connectivity index (χ4v) is 1.54. The third-order valence-corrected chi connectivity index (χ3v) is 2.59. The number of hydrogen-bond donors (Lipinski definition) is 0. The molecule has 0 saturated carbocycles. The Labute approximate surface area is 88.6 Å². The number of pyridine rings is 1. The van der Waals surface area contributed by atoms with Gasteiger partial charge in [0.2, 0.25) is 0 Å². The van der Waals surface area contributed by atoms with Crippen LogP contribution < -0.4 is 0 Å². The molecule has 6 heteroatoms. The molecule has 0 bridgehead atoms. The second-order valence-corrected chi connectivity index (χ2v) is 3.82. The van der Waals surface area contributed by atoms with Crippen LogP contribution in [0, 0.1) is 9.39 Å². The van der Waals surface area contributed by atoms with Crippen molar-refractivity contribution in [1.29, 1.82) is 0 Å². The first kappa shape index (κ1) is 10.2. The van der Waals surface area contributed by atoms with E-state index in [1.54, 1.807) is 0 Å². The van der Waals surface area contributed by atoms with E-state index in [0.717, 1.165) is 6.07 Å². The zero-order valence-electron chi connectivity index (χ0n) is 5.49. The molecule has 0 atom stereocenters. The summed E-state index contributed by atoms with van der Waals surface area (Å²) >= 11 is 4.33. The smallest absolute Gasteiger partial charge is 0.239 e. The minimum Gasteiger partial charge on any atom is -0.239 e. The Morgan fingerprint density at radius 3 is 2.58 bits per heavy atom. The Hall–Kier alpha value is 0.150. The normalized spacial score (nSPS) is 10.8. The highest BCUT2D eigenvalue weighted by Crippen LogP contribution is 2.26. The molecular formula is C6H2BrF3IN. The van der Waals surface area contributed by atoms with Gasteiger partial charge in [0.25, 0.3) is 6.43 Å². The number of alkyl halides is 2. The molecule has 0 aliphatic heterocycles. The van der Waals surface area contributed by atoms with Crippen LogP contribution >= 0.6 is 38.5 Å². The van der Waals surface area contributed by atoms with Gasteiger partial charge < -0.3 is 0 Å². The minimum atomic E-state index is -2.75. The standard InChI is InChI=1S/C6H2BrF3IN/c7-3-1-2(8)4(11)5(12-3)6(9)10/h1,6H. The summed E-state index contributed by atoms with van der Waals surface area (Å²) in [4.78, 5) is 3.45. The number of hydrogen-bond acceptors (Lipinski definition) is 1. The molecule has 0 aliphatic carbocycles. The molecule has 0 amide bonds. The molecule has 0 aliphatic rings. The van der Waals surface area contributed by atoms with Gasteiger partial charge in [-0.15, -0.1) is 0 Å². The predicted octanol–water partition coefficient (Wildman–Crippen LogP) is 3.53. The summed E-state index contributed by atoms with van der Waals surface area (Å²) in [6.07, 6.45) is -2.75. The van der Waals surface area contributed by atoms with E-state index in [-0.39, 0.29) is 8.17 Å². The van der Waals surface area contributed by atoms with Gasteiger partial charge in [0.15, 0.2) is 0 Å². The fourth-order valence-electron chi connectivity index (χ4n) is 0.631. The van der Waals surface area contributed by atoms with Gasteiger partial charge in [0.05, 0.1) is 3.57 Å². The molecule has 1 aromatic rings. The van der Waals surface area contributed by atoms with E-state index in [1.807, 2.05) is 0 Å². The molecule has 1 aromatic heterocycles. The average Bonchev–Trinajstić information content (AvgIpc) is 1.96. The summed E-state index contributed by atoms with van der Waals surface area (Å²) < 4.78 is 37.0. The van der Waals surface area contributed by atoms with Gasteiger partial charge in [-0.25, -0.2) is 18.2 Å². The Balaban J connectivity index is 3.28. The molecule has 0 radical (unpaired) electrons. The van der Waals surface area contributed by atoms with E-state index >= 15 is 0 Å².